The molecule has 4 nitrogen and oxygen atoms in total. The van der Waals surface area contributed by atoms with E-state index in [4.69, 9.17) is 0 Å². The normalized spacial score (nSPS) is 22.7. The first kappa shape index (κ1) is 22.5. The van der Waals surface area contributed by atoms with Crippen molar-refractivity contribution >= 4 is 38.4 Å². The molecule has 3 aromatic rings. The average molecular weight is 507 g/mol. The van der Waals surface area contributed by atoms with E-state index in [0.29, 0.717) is 30.2 Å². The van der Waals surface area contributed by atoms with Gasteiger partial charge in [0, 0.05) is 58.8 Å². The molecule has 2 unspecified atom stereocenters. The topological polar surface area (TPSA) is 42.3 Å². The van der Waals surface area contributed by atoms with E-state index in [-0.39, 0.29) is 5.78 Å². The third-order valence-corrected chi connectivity index (χ3v) is 8.24. The van der Waals surface area contributed by atoms with E-state index in [0.717, 1.165) is 58.9 Å². The zero-order valence-corrected chi connectivity index (χ0v) is 20.8. The van der Waals surface area contributed by atoms with Crippen LogP contribution >= 0.6 is 15.9 Å². The maximum Gasteiger partial charge on any atom is 0.163 e. The number of fused-ring (bicyclic) bond motifs is 3. The van der Waals surface area contributed by atoms with Crippen molar-refractivity contribution in [3.63, 3.8) is 0 Å². The van der Waals surface area contributed by atoms with Crippen molar-refractivity contribution in [2.45, 2.75) is 64.1 Å². The lowest BCUT2D eigenvalue weighted by Crippen LogP contribution is -2.43. The molecule has 5 heteroatoms. The van der Waals surface area contributed by atoms with Gasteiger partial charge in [0.1, 0.15) is 0 Å². The highest BCUT2D eigenvalue weighted by Crippen LogP contribution is 2.40. The van der Waals surface area contributed by atoms with Crippen LogP contribution in [-0.2, 0) is 6.54 Å². The van der Waals surface area contributed by atoms with Gasteiger partial charge in [-0.05, 0) is 66.9 Å². The molecule has 2 atom stereocenters. The van der Waals surface area contributed by atoms with Gasteiger partial charge in [-0.2, -0.15) is 0 Å². The van der Waals surface area contributed by atoms with Crippen molar-refractivity contribution in [2.24, 2.45) is 5.92 Å². The summed E-state index contributed by atoms with van der Waals surface area (Å²) < 4.78 is 3.28. The van der Waals surface area contributed by atoms with Crippen molar-refractivity contribution in [1.29, 1.82) is 0 Å². The number of benzene rings is 2. The second-order valence-electron chi connectivity index (χ2n) is 9.74. The molecule has 33 heavy (non-hydrogen) atoms. The minimum Gasteiger partial charge on any atom is -0.346 e. The van der Waals surface area contributed by atoms with Gasteiger partial charge in [-0.25, -0.2) is 0 Å². The second kappa shape index (κ2) is 9.55. The molecule has 2 bridgehead atoms. The third-order valence-electron chi connectivity index (χ3n) is 7.60. The molecule has 0 N–H and O–H groups in total. The Morgan fingerprint density at radius 3 is 2.39 bits per heavy atom. The summed E-state index contributed by atoms with van der Waals surface area (Å²) in [4.78, 5) is 27.5. The van der Waals surface area contributed by atoms with Gasteiger partial charge in [-0.3, -0.25) is 14.5 Å². The standard InChI is InChI=1S/C28H31BrN2O2/c1-19(32)25-18-30(28-24(25)9-5-10-26(28)29)13-6-14-31-22-11-12-23(31)16-20(15-22)17-27(33)21-7-3-2-4-8-21/h2-5,7-10,18,20,22-23H,6,11-17H2,1H3. The van der Waals surface area contributed by atoms with E-state index in [1.165, 1.54) is 12.8 Å². The molecule has 2 fully saturated rings. The Morgan fingerprint density at radius 1 is 0.970 bits per heavy atom. The number of para-hydroxylation sites is 1. The summed E-state index contributed by atoms with van der Waals surface area (Å²) in [6, 6.07) is 17.0. The van der Waals surface area contributed by atoms with Gasteiger partial charge in [0.2, 0.25) is 0 Å². The fraction of sp³-hybridized carbons (Fsp3) is 0.429. The minimum absolute atomic E-state index is 0.113. The molecule has 1 aromatic heterocycles. The summed E-state index contributed by atoms with van der Waals surface area (Å²) in [5, 5.41) is 1.03. The molecule has 0 radical (unpaired) electrons. The van der Waals surface area contributed by atoms with Gasteiger partial charge in [0.15, 0.2) is 11.6 Å². The van der Waals surface area contributed by atoms with Gasteiger partial charge in [-0.15, -0.1) is 0 Å². The number of hydrogen-bond acceptors (Lipinski definition) is 3. The third kappa shape index (κ3) is 4.58. The Kier molecular flexibility index (Phi) is 6.53. The summed E-state index contributed by atoms with van der Waals surface area (Å²) in [6.07, 6.45) is 8.56. The molecule has 172 valence electrons. The molecule has 2 saturated heterocycles. The van der Waals surface area contributed by atoms with Crippen LogP contribution in [0, 0.1) is 5.92 Å². The number of rotatable bonds is 8. The number of carbonyl (C=O) groups is 2. The molecule has 0 amide bonds. The monoisotopic (exact) mass is 506 g/mol. The minimum atomic E-state index is 0.113. The van der Waals surface area contributed by atoms with Crippen molar-refractivity contribution in [1.82, 2.24) is 9.47 Å². The molecular weight excluding hydrogens is 476 g/mol. The largest absolute Gasteiger partial charge is 0.346 e. The number of Topliss-reactive ketones (excluding diaryl/α,β-unsaturated/α-hetero) is 2. The van der Waals surface area contributed by atoms with E-state index < -0.39 is 0 Å². The summed E-state index contributed by atoms with van der Waals surface area (Å²) >= 11 is 3.68. The number of halogens is 1. The fourth-order valence-corrected chi connectivity index (χ4v) is 6.71. The van der Waals surface area contributed by atoms with Crippen molar-refractivity contribution in [2.75, 3.05) is 6.54 Å². The maximum atomic E-state index is 12.7. The Hall–Kier alpha value is -2.24. The summed E-state index contributed by atoms with van der Waals surface area (Å²) in [5.41, 5.74) is 2.77. The molecular formula is C28H31BrN2O2. The number of piperidine rings is 1. The quantitative estimate of drug-likeness (QED) is 0.327. The summed E-state index contributed by atoms with van der Waals surface area (Å²) in [7, 11) is 0. The van der Waals surface area contributed by atoms with Crippen LogP contribution in [0.5, 0.6) is 0 Å². The Labute approximate surface area is 204 Å². The van der Waals surface area contributed by atoms with E-state index in [9.17, 15) is 9.59 Å². The number of ketones is 2. The fourth-order valence-electron chi connectivity index (χ4n) is 6.12. The number of aromatic nitrogens is 1. The zero-order chi connectivity index (χ0) is 22.9. The molecule has 0 aliphatic carbocycles. The van der Waals surface area contributed by atoms with E-state index in [2.05, 4.69) is 25.4 Å². The van der Waals surface area contributed by atoms with E-state index >= 15 is 0 Å². The highest BCUT2D eigenvalue weighted by Gasteiger charge is 2.40. The number of nitrogens with zero attached hydrogens (tertiary/aromatic N) is 2. The van der Waals surface area contributed by atoms with Gasteiger partial charge in [0.05, 0.1) is 5.52 Å². The molecule has 2 aliphatic heterocycles. The van der Waals surface area contributed by atoms with Crippen LogP contribution in [0.25, 0.3) is 10.9 Å². The SMILES string of the molecule is CC(=O)c1cn(CCCN2C3CCC2CC(CC(=O)c2ccccc2)C3)c2c(Br)cccc12. The van der Waals surface area contributed by atoms with Crippen molar-refractivity contribution < 1.29 is 9.59 Å². The predicted molar refractivity (Wildman–Crippen MR) is 136 cm³/mol. The summed E-state index contributed by atoms with van der Waals surface area (Å²) in [5.74, 6) is 0.913. The van der Waals surface area contributed by atoms with Gasteiger partial charge >= 0.3 is 0 Å². The van der Waals surface area contributed by atoms with Crippen molar-refractivity contribution in [3.05, 3.63) is 70.3 Å². The lowest BCUT2D eigenvalue weighted by atomic mass is 9.85. The lowest BCUT2D eigenvalue weighted by Gasteiger charge is -2.39. The highest BCUT2D eigenvalue weighted by atomic mass is 79.9. The maximum absolute atomic E-state index is 12.7. The number of hydrogen-bond donors (Lipinski definition) is 0. The highest BCUT2D eigenvalue weighted by molar-refractivity contribution is 9.10. The first-order valence-electron chi connectivity index (χ1n) is 12.1. The van der Waals surface area contributed by atoms with Gasteiger partial charge in [0.25, 0.3) is 0 Å². The molecule has 3 heterocycles. The molecule has 5 rings (SSSR count). The van der Waals surface area contributed by atoms with Crippen LogP contribution in [0.15, 0.2) is 59.2 Å². The predicted octanol–water partition coefficient (Wildman–Crippen LogP) is 6.51. The Morgan fingerprint density at radius 2 is 1.70 bits per heavy atom. The van der Waals surface area contributed by atoms with Crippen LogP contribution in [0.1, 0.15) is 66.2 Å². The van der Waals surface area contributed by atoms with Gasteiger partial charge in [-0.1, -0.05) is 42.5 Å². The molecule has 2 aliphatic rings. The van der Waals surface area contributed by atoms with Crippen LogP contribution in [0.2, 0.25) is 0 Å². The summed E-state index contributed by atoms with van der Waals surface area (Å²) in [6.45, 7) is 3.62. The Balaban J connectivity index is 1.20. The van der Waals surface area contributed by atoms with Gasteiger partial charge < -0.3 is 4.57 Å². The molecule has 0 saturated carbocycles. The smallest absolute Gasteiger partial charge is 0.163 e. The lowest BCUT2D eigenvalue weighted by molar-refractivity contribution is 0.0807. The van der Waals surface area contributed by atoms with Crippen molar-refractivity contribution in [3.8, 4) is 0 Å². The second-order valence-corrected chi connectivity index (χ2v) is 10.6. The first-order valence-corrected chi connectivity index (χ1v) is 12.9. The average Bonchev–Trinajstić information content (AvgIpc) is 3.29. The van der Waals surface area contributed by atoms with Crippen LogP contribution in [0.4, 0.5) is 0 Å². The zero-order valence-electron chi connectivity index (χ0n) is 19.2. The van der Waals surface area contributed by atoms with E-state index in [1.54, 1.807) is 6.92 Å². The van der Waals surface area contributed by atoms with Crippen LogP contribution in [0.3, 0.4) is 0 Å². The van der Waals surface area contributed by atoms with Crippen LogP contribution in [-0.4, -0.2) is 39.7 Å². The Bertz CT molecular complexity index is 1160. The van der Waals surface area contributed by atoms with Crippen LogP contribution < -0.4 is 0 Å². The number of carbonyl (C=O) groups excluding carboxylic acids is 2. The molecule has 0 spiro atoms. The first-order chi connectivity index (χ1) is 16.0. The molecule has 2 aromatic carbocycles. The number of aryl methyl sites for hydroxylation is 1. The van der Waals surface area contributed by atoms with E-state index in [1.807, 2.05) is 54.7 Å².